The largest absolute Gasteiger partial charge is 0.468 e. The molecule has 0 aliphatic rings. The normalized spacial score (nSPS) is 10.8. The van der Waals surface area contributed by atoms with Crippen LogP contribution in [0, 0.1) is 0 Å². The lowest BCUT2D eigenvalue weighted by atomic mass is 9.73. The molecule has 0 aromatic carbocycles. The summed E-state index contributed by atoms with van der Waals surface area (Å²) in [4.78, 5) is 11.3. The fourth-order valence-corrected chi connectivity index (χ4v) is 1.59. The van der Waals surface area contributed by atoms with E-state index in [2.05, 4.69) is 18.4 Å². The Hall–Kier alpha value is -1.26. The fraction of sp³-hybridized carbons (Fsp3) is 0.636. The summed E-state index contributed by atoms with van der Waals surface area (Å²) in [6.45, 7) is 6.47. The summed E-state index contributed by atoms with van der Waals surface area (Å²) in [5.41, 5.74) is 1.03. The highest BCUT2D eigenvalue weighted by atomic mass is 16.5. The maximum Gasteiger partial charge on any atom is 0.265 e. The predicted molar refractivity (Wildman–Crippen MR) is 62.8 cm³/mol. The van der Waals surface area contributed by atoms with E-state index in [0.717, 1.165) is 5.72 Å². The SMILES string of the molecule is CCOC(=O)C[B-]c1n(C(C)C)cc[n+]1C. The minimum absolute atomic E-state index is 0.181. The molecule has 5 heteroatoms. The van der Waals surface area contributed by atoms with Crippen LogP contribution in [0.15, 0.2) is 12.4 Å². The van der Waals surface area contributed by atoms with E-state index in [9.17, 15) is 4.79 Å². The van der Waals surface area contributed by atoms with Gasteiger partial charge in [-0.2, -0.15) is 7.28 Å². The summed E-state index contributed by atoms with van der Waals surface area (Å²) in [6.07, 6.45) is 4.32. The van der Waals surface area contributed by atoms with Gasteiger partial charge >= 0.3 is 0 Å². The Balaban J connectivity index is 2.65. The molecule has 1 rings (SSSR count). The van der Waals surface area contributed by atoms with E-state index in [4.69, 9.17) is 4.74 Å². The summed E-state index contributed by atoms with van der Waals surface area (Å²) in [5.74, 6) is -0.181. The first-order valence-electron chi connectivity index (χ1n) is 5.61. The zero-order chi connectivity index (χ0) is 12.1. The van der Waals surface area contributed by atoms with Crippen molar-refractivity contribution in [1.82, 2.24) is 4.57 Å². The second-order valence-corrected chi connectivity index (χ2v) is 3.98. The monoisotopic (exact) mass is 222 g/mol. The summed E-state index contributed by atoms with van der Waals surface area (Å²) in [5, 5.41) is 0. The van der Waals surface area contributed by atoms with E-state index in [1.807, 2.05) is 38.2 Å². The van der Waals surface area contributed by atoms with Gasteiger partial charge in [-0.25, -0.2) is 0 Å². The molecule has 1 heterocycles. The van der Waals surface area contributed by atoms with Crippen molar-refractivity contribution in [2.24, 2.45) is 7.05 Å². The number of imidazole rings is 1. The van der Waals surface area contributed by atoms with Crippen LogP contribution in [-0.4, -0.2) is 24.4 Å². The van der Waals surface area contributed by atoms with Crippen LogP contribution in [0.5, 0.6) is 0 Å². The van der Waals surface area contributed by atoms with Gasteiger partial charge in [-0.15, -0.1) is 6.32 Å². The van der Waals surface area contributed by atoms with Gasteiger partial charge < -0.3 is 4.74 Å². The van der Waals surface area contributed by atoms with E-state index in [0.29, 0.717) is 19.0 Å². The first-order chi connectivity index (χ1) is 7.56. The lowest BCUT2D eigenvalue weighted by molar-refractivity contribution is -0.653. The van der Waals surface area contributed by atoms with Crippen LogP contribution in [0.3, 0.4) is 0 Å². The molecule has 0 atom stereocenters. The molecular weight excluding hydrogens is 203 g/mol. The lowest BCUT2D eigenvalue weighted by Gasteiger charge is -2.15. The Labute approximate surface area is 97.5 Å². The first kappa shape index (κ1) is 12.8. The Morgan fingerprint density at radius 1 is 1.62 bits per heavy atom. The van der Waals surface area contributed by atoms with Crippen LogP contribution in [0.1, 0.15) is 26.8 Å². The molecule has 88 valence electrons. The Morgan fingerprint density at radius 2 is 2.31 bits per heavy atom. The number of rotatable bonds is 5. The van der Waals surface area contributed by atoms with Gasteiger partial charge in [-0.05, 0) is 20.8 Å². The van der Waals surface area contributed by atoms with Crippen LogP contribution < -0.4 is 10.3 Å². The Morgan fingerprint density at radius 3 is 2.88 bits per heavy atom. The van der Waals surface area contributed by atoms with E-state index in [1.165, 1.54) is 0 Å². The van der Waals surface area contributed by atoms with Crippen molar-refractivity contribution in [2.75, 3.05) is 6.61 Å². The highest BCUT2D eigenvalue weighted by Gasteiger charge is 2.08. The van der Waals surface area contributed by atoms with Gasteiger partial charge in [-0.1, -0.05) is 0 Å². The van der Waals surface area contributed by atoms with Gasteiger partial charge in [0.25, 0.3) is 5.97 Å². The number of aryl methyl sites for hydroxylation is 1. The van der Waals surface area contributed by atoms with Crippen LogP contribution in [0.25, 0.3) is 0 Å². The average molecular weight is 222 g/mol. The fourth-order valence-electron chi connectivity index (χ4n) is 1.59. The third-order valence-electron chi connectivity index (χ3n) is 2.39. The van der Waals surface area contributed by atoms with Crippen molar-refractivity contribution in [3.8, 4) is 0 Å². The third-order valence-corrected chi connectivity index (χ3v) is 2.39. The van der Waals surface area contributed by atoms with Crippen LogP contribution in [0.4, 0.5) is 0 Å². The molecule has 1 aromatic heterocycles. The van der Waals surface area contributed by atoms with Gasteiger partial charge in [-0.3, -0.25) is 13.9 Å². The highest BCUT2D eigenvalue weighted by molar-refractivity contribution is 6.54. The van der Waals surface area contributed by atoms with Crippen molar-refractivity contribution in [1.29, 1.82) is 0 Å². The smallest absolute Gasteiger partial charge is 0.265 e. The zero-order valence-electron chi connectivity index (χ0n) is 10.4. The van der Waals surface area contributed by atoms with Crippen molar-refractivity contribution < 1.29 is 14.1 Å². The maximum absolute atomic E-state index is 11.3. The summed E-state index contributed by atoms with van der Waals surface area (Å²) in [7, 11) is 3.87. The van der Waals surface area contributed by atoms with E-state index in [-0.39, 0.29) is 5.97 Å². The molecule has 0 aliphatic carbocycles. The number of nitrogens with zero attached hydrogens (tertiary/aromatic N) is 2. The predicted octanol–water partition coefficient (Wildman–Crippen LogP) is 0.204. The molecule has 1 aromatic rings. The minimum Gasteiger partial charge on any atom is -0.468 e. The highest BCUT2D eigenvalue weighted by Crippen LogP contribution is 1.99. The first-order valence-corrected chi connectivity index (χ1v) is 5.61. The third kappa shape index (κ3) is 3.12. The van der Waals surface area contributed by atoms with Gasteiger partial charge in [0, 0.05) is 5.72 Å². The van der Waals surface area contributed by atoms with Crippen LogP contribution in [0.2, 0.25) is 6.32 Å². The Bertz CT molecular complexity index is 361. The molecular formula is C11H19BN2O2. The molecule has 0 amide bonds. The maximum atomic E-state index is 11.3. The molecule has 0 bridgehead atoms. The van der Waals surface area contributed by atoms with E-state index >= 15 is 0 Å². The number of carbonyl (C=O) groups excluding carboxylic acids is 1. The molecule has 0 N–H and O–H groups in total. The summed E-state index contributed by atoms with van der Waals surface area (Å²) >= 11 is 0. The van der Waals surface area contributed by atoms with Gasteiger partial charge in [0.15, 0.2) is 0 Å². The molecule has 0 fully saturated rings. The van der Waals surface area contributed by atoms with Gasteiger partial charge in [0.1, 0.15) is 12.4 Å². The number of ether oxygens (including phenoxy) is 1. The van der Waals surface area contributed by atoms with Crippen LogP contribution in [-0.2, 0) is 16.6 Å². The standard InChI is InChI=1S/C11H19BN2O2/c1-5-16-10(15)8-12-11-13(4)6-7-14(11)9(2)3/h6-7,9H,5,8H2,1-4H3. The topological polar surface area (TPSA) is 35.1 Å². The quantitative estimate of drug-likeness (QED) is 0.405. The number of hydrogen-bond donors (Lipinski definition) is 0. The number of aromatic nitrogens is 2. The van der Waals surface area contributed by atoms with Gasteiger partial charge in [0.05, 0.1) is 19.7 Å². The number of esters is 1. The van der Waals surface area contributed by atoms with Crippen molar-refractivity contribution in [3.63, 3.8) is 0 Å². The molecule has 0 spiro atoms. The molecule has 16 heavy (non-hydrogen) atoms. The minimum atomic E-state index is -0.181. The summed E-state index contributed by atoms with van der Waals surface area (Å²) < 4.78 is 9.02. The molecule has 0 saturated heterocycles. The van der Waals surface area contributed by atoms with Crippen molar-refractivity contribution in [2.45, 2.75) is 33.1 Å². The molecule has 0 unspecified atom stereocenters. The molecule has 2 radical (unpaired) electrons. The second kappa shape index (κ2) is 5.73. The van der Waals surface area contributed by atoms with Crippen LogP contribution >= 0.6 is 0 Å². The van der Waals surface area contributed by atoms with Crippen molar-refractivity contribution in [3.05, 3.63) is 12.4 Å². The number of hydrogen-bond acceptors (Lipinski definition) is 2. The molecule has 4 nitrogen and oxygen atoms in total. The molecule has 0 aliphatic heterocycles. The van der Waals surface area contributed by atoms with Gasteiger partial charge in [0.2, 0.25) is 0 Å². The van der Waals surface area contributed by atoms with E-state index < -0.39 is 0 Å². The molecule has 0 saturated carbocycles. The van der Waals surface area contributed by atoms with Crippen molar-refractivity contribution >= 4 is 19.0 Å². The average Bonchev–Trinajstić information content (AvgIpc) is 2.57. The van der Waals surface area contributed by atoms with E-state index in [1.54, 1.807) is 0 Å². The lowest BCUT2D eigenvalue weighted by Crippen LogP contribution is -2.50. The zero-order valence-corrected chi connectivity index (χ0v) is 10.4. The second-order valence-electron chi connectivity index (χ2n) is 3.98. The number of carbonyl (C=O) groups is 1. The summed E-state index contributed by atoms with van der Waals surface area (Å²) in [6, 6.07) is 0.384. The Kier molecular flexibility index (Phi) is 4.59.